The van der Waals surface area contributed by atoms with Gasteiger partial charge in [0.05, 0.1) is 12.7 Å². The Bertz CT molecular complexity index is 161. The average Bonchev–Trinajstić information content (AvgIpc) is 2.19. The smallest absolute Gasteiger partial charge is 0.0791 e. The number of aliphatic hydroxyl groups excluding tert-OH is 1. The summed E-state index contributed by atoms with van der Waals surface area (Å²) >= 11 is 0. The molecule has 4 heteroatoms. The van der Waals surface area contributed by atoms with Crippen molar-refractivity contribution in [3.63, 3.8) is 0 Å². The summed E-state index contributed by atoms with van der Waals surface area (Å²) in [6.07, 6.45) is 2.16. The predicted molar refractivity (Wildman–Crippen MR) is 61.0 cm³/mol. The lowest BCUT2D eigenvalue weighted by Crippen LogP contribution is -2.39. The highest BCUT2D eigenvalue weighted by Gasteiger charge is 2.17. The van der Waals surface area contributed by atoms with Gasteiger partial charge < -0.3 is 20.1 Å². The molecule has 0 aromatic carbocycles. The van der Waals surface area contributed by atoms with Crippen molar-refractivity contribution >= 4 is 0 Å². The number of hydrogen-bond acceptors (Lipinski definition) is 4. The third-order valence-corrected chi connectivity index (χ3v) is 2.79. The lowest BCUT2D eigenvalue weighted by molar-refractivity contribution is 0.0345. The van der Waals surface area contributed by atoms with Crippen LogP contribution in [0.25, 0.3) is 0 Å². The van der Waals surface area contributed by atoms with Crippen molar-refractivity contribution < 1.29 is 9.84 Å². The molecule has 0 aliphatic carbocycles. The number of hydrogen-bond donors (Lipinski definition) is 2. The first kappa shape index (κ1) is 12.9. The van der Waals surface area contributed by atoms with Crippen LogP contribution in [0.2, 0.25) is 0 Å². The Hall–Kier alpha value is -0.160. The van der Waals surface area contributed by atoms with E-state index in [-0.39, 0.29) is 6.10 Å². The van der Waals surface area contributed by atoms with E-state index in [2.05, 4.69) is 17.3 Å². The van der Waals surface area contributed by atoms with Crippen molar-refractivity contribution in [2.75, 3.05) is 46.9 Å². The minimum absolute atomic E-state index is 0.274. The van der Waals surface area contributed by atoms with Crippen LogP contribution in [0.3, 0.4) is 0 Å². The monoisotopic (exact) mass is 216 g/mol. The maximum atomic E-state index is 9.61. The molecule has 90 valence electrons. The first-order chi connectivity index (χ1) is 7.22. The molecular formula is C11H24N2O2. The van der Waals surface area contributed by atoms with E-state index in [4.69, 9.17) is 4.74 Å². The maximum Gasteiger partial charge on any atom is 0.0791 e. The summed E-state index contributed by atoms with van der Waals surface area (Å²) in [7, 11) is 3.92. The molecule has 2 unspecified atom stereocenters. The molecule has 0 amide bonds. The molecule has 2 N–H and O–H groups in total. The van der Waals surface area contributed by atoms with Gasteiger partial charge in [0.2, 0.25) is 0 Å². The topological polar surface area (TPSA) is 44.7 Å². The molecule has 1 rings (SSSR count). The summed E-state index contributed by atoms with van der Waals surface area (Å²) in [5, 5.41) is 12.6. The van der Waals surface area contributed by atoms with E-state index in [0.717, 1.165) is 26.3 Å². The van der Waals surface area contributed by atoms with Gasteiger partial charge in [0, 0.05) is 26.2 Å². The van der Waals surface area contributed by atoms with Gasteiger partial charge in [-0.1, -0.05) is 0 Å². The van der Waals surface area contributed by atoms with E-state index >= 15 is 0 Å². The summed E-state index contributed by atoms with van der Waals surface area (Å²) in [4.78, 5) is 2.20. The minimum atomic E-state index is -0.274. The van der Waals surface area contributed by atoms with Crippen LogP contribution in [0.4, 0.5) is 0 Å². The molecule has 0 spiro atoms. The molecular weight excluding hydrogens is 192 g/mol. The molecule has 1 saturated heterocycles. The normalized spacial score (nSPS) is 24.4. The molecule has 0 aromatic rings. The number of nitrogens with zero attached hydrogens (tertiary/aromatic N) is 1. The fraction of sp³-hybridized carbons (Fsp3) is 1.00. The molecule has 1 aliphatic heterocycles. The molecule has 1 heterocycles. The summed E-state index contributed by atoms with van der Waals surface area (Å²) in [5.74, 6) is 0.644. The fourth-order valence-electron chi connectivity index (χ4n) is 2.13. The SMILES string of the molecule is CNCC(O)CN(C)CC1CCCOC1. The summed E-state index contributed by atoms with van der Waals surface area (Å²) < 4.78 is 5.43. The second-order valence-corrected chi connectivity index (χ2v) is 4.52. The highest BCUT2D eigenvalue weighted by atomic mass is 16.5. The third-order valence-electron chi connectivity index (χ3n) is 2.79. The minimum Gasteiger partial charge on any atom is -0.390 e. The maximum absolute atomic E-state index is 9.61. The first-order valence-electron chi connectivity index (χ1n) is 5.81. The standard InChI is InChI=1S/C11H24N2O2/c1-12-6-11(14)8-13(2)7-10-4-3-5-15-9-10/h10-12,14H,3-9H2,1-2H3. The second-order valence-electron chi connectivity index (χ2n) is 4.52. The molecule has 0 radical (unpaired) electrons. The number of aliphatic hydroxyl groups is 1. The highest BCUT2D eigenvalue weighted by molar-refractivity contribution is 4.69. The lowest BCUT2D eigenvalue weighted by Gasteiger charge is -2.28. The van der Waals surface area contributed by atoms with Crippen molar-refractivity contribution in [3.05, 3.63) is 0 Å². The van der Waals surface area contributed by atoms with Crippen LogP contribution in [0.5, 0.6) is 0 Å². The summed E-state index contributed by atoms with van der Waals surface area (Å²) in [6.45, 7) is 4.22. The highest BCUT2D eigenvalue weighted by Crippen LogP contribution is 2.14. The van der Waals surface area contributed by atoms with Crippen LogP contribution in [-0.4, -0.2) is 63.1 Å². The van der Waals surface area contributed by atoms with Crippen LogP contribution in [0.1, 0.15) is 12.8 Å². The zero-order chi connectivity index (χ0) is 11.1. The fourth-order valence-corrected chi connectivity index (χ4v) is 2.13. The summed E-state index contributed by atoms with van der Waals surface area (Å²) in [6, 6.07) is 0. The molecule has 4 nitrogen and oxygen atoms in total. The molecule has 1 fully saturated rings. The molecule has 0 saturated carbocycles. The molecule has 0 bridgehead atoms. The Morgan fingerprint density at radius 2 is 2.40 bits per heavy atom. The number of ether oxygens (including phenoxy) is 1. The molecule has 1 aliphatic rings. The van der Waals surface area contributed by atoms with E-state index in [9.17, 15) is 5.11 Å². The van der Waals surface area contributed by atoms with Crippen molar-refractivity contribution in [2.24, 2.45) is 5.92 Å². The average molecular weight is 216 g/mol. The lowest BCUT2D eigenvalue weighted by atomic mass is 10.0. The quantitative estimate of drug-likeness (QED) is 0.652. The van der Waals surface area contributed by atoms with Gasteiger partial charge in [0.1, 0.15) is 0 Å². The van der Waals surface area contributed by atoms with Crippen molar-refractivity contribution in [3.8, 4) is 0 Å². The Morgan fingerprint density at radius 1 is 1.60 bits per heavy atom. The Kier molecular flexibility index (Phi) is 6.17. The van der Waals surface area contributed by atoms with E-state index in [1.54, 1.807) is 0 Å². The van der Waals surface area contributed by atoms with E-state index in [0.29, 0.717) is 12.5 Å². The zero-order valence-corrected chi connectivity index (χ0v) is 9.91. The van der Waals surface area contributed by atoms with Gasteiger partial charge in [-0.05, 0) is 32.9 Å². The van der Waals surface area contributed by atoms with E-state index < -0.39 is 0 Å². The van der Waals surface area contributed by atoms with Gasteiger partial charge in [-0.25, -0.2) is 0 Å². The van der Waals surface area contributed by atoms with Gasteiger partial charge in [-0.3, -0.25) is 0 Å². The second kappa shape index (κ2) is 7.17. The van der Waals surface area contributed by atoms with Gasteiger partial charge >= 0.3 is 0 Å². The van der Waals surface area contributed by atoms with Crippen molar-refractivity contribution in [2.45, 2.75) is 18.9 Å². The van der Waals surface area contributed by atoms with Gasteiger partial charge in [-0.2, -0.15) is 0 Å². The molecule has 15 heavy (non-hydrogen) atoms. The van der Waals surface area contributed by atoms with E-state index in [1.165, 1.54) is 12.8 Å². The van der Waals surface area contributed by atoms with Crippen molar-refractivity contribution in [1.82, 2.24) is 10.2 Å². The first-order valence-corrected chi connectivity index (χ1v) is 5.81. The van der Waals surface area contributed by atoms with Gasteiger partial charge in [-0.15, -0.1) is 0 Å². The molecule has 0 aromatic heterocycles. The zero-order valence-electron chi connectivity index (χ0n) is 9.91. The van der Waals surface area contributed by atoms with Crippen LogP contribution >= 0.6 is 0 Å². The largest absolute Gasteiger partial charge is 0.390 e. The Morgan fingerprint density at radius 3 is 3.00 bits per heavy atom. The van der Waals surface area contributed by atoms with E-state index in [1.807, 2.05) is 7.05 Å². The molecule has 2 atom stereocenters. The van der Waals surface area contributed by atoms with Crippen LogP contribution < -0.4 is 5.32 Å². The van der Waals surface area contributed by atoms with Gasteiger partial charge in [0.15, 0.2) is 0 Å². The third kappa shape index (κ3) is 5.47. The Balaban J connectivity index is 2.13. The number of rotatable bonds is 6. The number of nitrogens with one attached hydrogen (secondary N) is 1. The Labute approximate surface area is 92.6 Å². The van der Waals surface area contributed by atoms with Crippen LogP contribution in [-0.2, 0) is 4.74 Å². The van der Waals surface area contributed by atoms with Gasteiger partial charge in [0.25, 0.3) is 0 Å². The summed E-state index contributed by atoms with van der Waals surface area (Å²) in [5.41, 5.74) is 0. The van der Waals surface area contributed by atoms with Crippen LogP contribution in [0.15, 0.2) is 0 Å². The van der Waals surface area contributed by atoms with Crippen LogP contribution in [0, 0.1) is 5.92 Å². The number of likely N-dealkylation sites (N-methyl/N-ethyl adjacent to an activating group) is 2. The van der Waals surface area contributed by atoms with Crippen molar-refractivity contribution in [1.29, 1.82) is 0 Å². The predicted octanol–water partition coefficient (Wildman–Crippen LogP) is -0.0749.